The molecule has 0 radical (unpaired) electrons. The monoisotopic (exact) mass is 318 g/mol. The molecule has 1 aromatic rings. The Bertz CT molecular complexity index is 501. The quantitative estimate of drug-likeness (QED) is 0.723. The van der Waals surface area contributed by atoms with E-state index in [1.165, 1.54) is 0 Å². The first kappa shape index (κ1) is 17.6. The topological polar surface area (TPSA) is 58.2 Å². The third kappa shape index (κ3) is 5.79. The minimum atomic E-state index is -0.918. The molecule has 1 aromatic carbocycles. The fraction of sp³-hybridized carbons (Fsp3) is 0.500. The van der Waals surface area contributed by atoms with Crippen molar-refractivity contribution in [2.75, 3.05) is 30.4 Å². The summed E-state index contributed by atoms with van der Waals surface area (Å²) in [6, 6.07) is 2.02. The van der Waals surface area contributed by atoms with Crippen LogP contribution in [0.5, 0.6) is 0 Å². The summed E-state index contributed by atoms with van der Waals surface area (Å²) in [5, 5.41) is 5.19. The van der Waals surface area contributed by atoms with Crippen molar-refractivity contribution in [1.29, 1.82) is 0 Å². The highest BCUT2D eigenvalue weighted by Crippen LogP contribution is 2.20. The third-order valence-corrected chi connectivity index (χ3v) is 3.61. The standard InChI is InChI=1S/C14H20F2N2O2S/c1-3-5-17-13-11(15)8-10(9-12(13)16)14(19)18-6-4-7-21(2)20/h8-9,17H,3-7H2,1-2H3,(H,18,19). The average molecular weight is 318 g/mol. The molecule has 1 atom stereocenters. The van der Waals surface area contributed by atoms with Crippen LogP contribution in [0.25, 0.3) is 0 Å². The number of rotatable bonds is 8. The van der Waals surface area contributed by atoms with Crippen LogP contribution in [0.15, 0.2) is 12.1 Å². The van der Waals surface area contributed by atoms with Gasteiger partial charge < -0.3 is 10.6 Å². The second kappa shape index (κ2) is 8.71. The summed E-state index contributed by atoms with van der Waals surface area (Å²) in [7, 11) is -0.918. The van der Waals surface area contributed by atoms with Gasteiger partial charge in [-0.25, -0.2) is 8.78 Å². The van der Waals surface area contributed by atoms with Crippen molar-refractivity contribution in [3.05, 3.63) is 29.3 Å². The average Bonchev–Trinajstić information content (AvgIpc) is 2.42. The number of benzene rings is 1. The fourth-order valence-electron chi connectivity index (χ4n) is 1.70. The molecule has 0 saturated heterocycles. The number of amides is 1. The summed E-state index contributed by atoms with van der Waals surface area (Å²) >= 11 is 0. The van der Waals surface area contributed by atoms with Crippen LogP contribution < -0.4 is 10.6 Å². The zero-order chi connectivity index (χ0) is 15.8. The van der Waals surface area contributed by atoms with Crippen LogP contribution in [-0.2, 0) is 10.8 Å². The molecule has 0 aliphatic rings. The molecule has 0 saturated carbocycles. The van der Waals surface area contributed by atoms with E-state index < -0.39 is 28.3 Å². The van der Waals surface area contributed by atoms with Gasteiger partial charge in [0.25, 0.3) is 5.91 Å². The van der Waals surface area contributed by atoms with Gasteiger partial charge in [-0.3, -0.25) is 9.00 Å². The normalized spacial score (nSPS) is 12.0. The molecule has 0 heterocycles. The molecule has 0 fully saturated rings. The predicted molar refractivity (Wildman–Crippen MR) is 81.0 cm³/mol. The molecule has 1 unspecified atom stereocenters. The maximum absolute atomic E-state index is 13.8. The molecule has 4 nitrogen and oxygen atoms in total. The minimum Gasteiger partial charge on any atom is -0.380 e. The van der Waals surface area contributed by atoms with Crippen molar-refractivity contribution >= 4 is 22.4 Å². The van der Waals surface area contributed by atoms with Crippen molar-refractivity contribution in [3.63, 3.8) is 0 Å². The van der Waals surface area contributed by atoms with Gasteiger partial charge in [0.2, 0.25) is 0 Å². The van der Waals surface area contributed by atoms with E-state index in [0.29, 0.717) is 25.3 Å². The summed E-state index contributed by atoms with van der Waals surface area (Å²) in [5.41, 5.74) is -0.278. The van der Waals surface area contributed by atoms with Crippen LogP contribution in [0, 0.1) is 11.6 Å². The molecular formula is C14H20F2N2O2S. The third-order valence-electron chi connectivity index (χ3n) is 2.75. The van der Waals surface area contributed by atoms with E-state index in [-0.39, 0.29) is 11.3 Å². The summed E-state index contributed by atoms with van der Waals surface area (Å²) in [6.07, 6.45) is 2.87. The minimum absolute atomic E-state index is 0.0651. The lowest BCUT2D eigenvalue weighted by molar-refractivity contribution is 0.0953. The molecule has 21 heavy (non-hydrogen) atoms. The van der Waals surface area contributed by atoms with E-state index in [4.69, 9.17) is 0 Å². The highest BCUT2D eigenvalue weighted by molar-refractivity contribution is 7.84. The van der Waals surface area contributed by atoms with Crippen molar-refractivity contribution in [2.45, 2.75) is 19.8 Å². The summed E-state index contributed by atoms with van der Waals surface area (Å²) < 4.78 is 38.4. The van der Waals surface area contributed by atoms with Gasteiger partial charge in [-0.1, -0.05) is 6.92 Å². The van der Waals surface area contributed by atoms with Crippen LogP contribution in [-0.4, -0.2) is 35.2 Å². The first-order chi connectivity index (χ1) is 9.95. The van der Waals surface area contributed by atoms with Gasteiger partial charge in [0.1, 0.15) is 17.3 Å². The number of halogens is 2. The lowest BCUT2D eigenvalue weighted by Crippen LogP contribution is -2.25. The Kier molecular flexibility index (Phi) is 7.28. The fourth-order valence-corrected chi connectivity index (χ4v) is 2.25. The Labute approximate surface area is 125 Å². The van der Waals surface area contributed by atoms with Gasteiger partial charge in [-0.2, -0.15) is 0 Å². The maximum Gasteiger partial charge on any atom is 0.251 e. The summed E-state index contributed by atoms with van der Waals surface area (Å²) in [4.78, 5) is 11.8. The highest BCUT2D eigenvalue weighted by Gasteiger charge is 2.14. The Morgan fingerprint density at radius 2 is 1.86 bits per heavy atom. The van der Waals surface area contributed by atoms with Crippen molar-refractivity contribution in [3.8, 4) is 0 Å². The SMILES string of the molecule is CCCNc1c(F)cc(C(=O)NCCCS(C)=O)cc1F. The van der Waals surface area contributed by atoms with Crippen LogP contribution in [0.3, 0.4) is 0 Å². The van der Waals surface area contributed by atoms with E-state index in [0.717, 1.165) is 18.6 Å². The molecule has 0 spiro atoms. The lowest BCUT2D eigenvalue weighted by atomic mass is 10.1. The van der Waals surface area contributed by atoms with Crippen molar-refractivity contribution < 1.29 is 17.8 Å². The predicted octanol–water partition coefficient (Wildman–Crippen LogP) is 2.29. The molecule has 2 N–H and O–H groups in total. The molecular weight excluding hydrogens is 298 g/mol. The van der Waals surface area contributed by atoms with E-state index in [9.17, 15) is 17.8 Å². The van der Waals surface area contributed by atoms with Gasteiger partial charge in [-0.15, -0.1) is 0 Å². The molecule has 1 rings (SSSR count). The first-order valence-electron chi connectivity index (χ1n) is 6.76. The molecule has 118 valence electrons. The van der Waals surface area contributed by atoms with Gasteiger partial charge >= 0.3 is 0 Å². The number of hydrogen-bond acceptors (Lipinski definition) is 3. The van der Waals surface area contributed by atoms with Gasteiger partial charge in [0.05, 0.1) is 0 Å². The van der Waals surface area contributed by atoms with E-state index in [2.05, 4.69) is 10.6 Å². The smallest absolute Gasteiger partial charge is 0.251 e. The number of carbonyl (C=O) groups excluding carboxylic acids is 1. The Balaban J connectivity index is 2.66. The number of nitrogens with one attached hydrogen (secondary N) is 2. The molecule has 1 amide bonds. The first-order valence-corrected chi connectivity index (χ1v) is 8.49. The Hall–Kier alpha value is -1.50. The zero-order valence-corrected chi connectivity index (χ0v) is 13.0. The second-order valence-corrected chi connectivity index (χ2v) is 6.18. The molecule has 0 bridgehead atoms. The van der Waals surface area contributed by atoms with Gasteiger partial charge in [0, 0.05) is 41.5 Å². The second-order valence-electron chi connectivity index (χ2n) is 4.63. The van der Waals surface area contributed by atoms with Gasteiger partial charge in [-0.05, 0) is 25.0 Å². The number of carbonyl (C=O) groups is 1. The number of hydrogen-bond donors (Lipinski definition) is 2. The molecule has 0 aliphatic carbocycles. The van der Waals surface area contributed by atoms with Gasteiger partial charge in [0.15, 0.2) is 0 Å². The lowest BCUT2D eigenvalue weighted by Gasteiger charge is -2.10. The largest absolute Gasteiger partial charge is 0.380 e. The van der Waals surface area contributed by atoms with Crippen molar-refractivity contribution in [1.82, 2.24) is 5.32 Å². The number of anilines is 1. The zero-order valence-electron chi connectivity index (χ0n) is 12.2. The van der Waals surface area contributed by atoms with Crippen LogP contribution in [0.1, 0.15) is 30.1 Å². The van der Waals surface area contributed by atoms with E-state index in [1.54, 1.807) is 6.26 Å². The highest BCUT2D eigenvalue weighted by atomic mass is 32.2. The van der Waals surface area contributed by atoms with E-state index >= 15 is 0 Å². The molecule has 0 aliphatic heterocycles. The Morgan fingerprint density at radius 3 is 2.38 bits per heavy atom. The maximum atomic E-state index is 13.8. The van der Waals surface area contributed by atoms with E-state index in [1.807, 2.05) is 6.92 Å². The van der Waals surface area contributed by atoms with Crippen molar-refractivity contribution in [2.24, 2.45) is 0 Å². The van der Waals surface area contributed by atoms with Crippen LogP contribution >= 0.6 is 0 Å². The van der Waals surface area contributed by atoms with Crippen LogP contribution in [0.4, 0.5) is 14.5 Å². The Morgan fingerprint density at radius 1 is 1.24 bits per heavy atom. The summed E-state index contributed by atoms with van der Waals surface area (Å²) in [6.45, 7) is 2.65. The molecule has 0 aromatic heterocycles. The van der Waals surface area contributed by atoms with Crippen LogP contribution in [0.2, 0.25) is 0 Å². The molecule has 7 heteroatoms. The summed E-state index contributed by atoms with van der Waals surface area (Å²) in [5.74, 6) is -1.65.